The number of piperidine rings is 1. The quantitative estimate of drug-likeness (QED) is 0.789. The molecular weight excluding hydrogens is 266 g/mol. The Bertz CT molecular complexity index is 502. The lowest BCUT2D eigenvalue weighted by atomic mass is 10.1. The molecule has 21 heavy (non-hydrogen) atoms. The average Bonchev–Trinajstić information content (AvgIpc) is 2.48. The van der Waals surface area contributed by atoms with Gasteiger partial charge in [0.15, 0.2) is 0 Å². The van der Waals surface area contributed by atoms with Gasteiger partial charge < -0.3 is 15.5 Å². The highest BCUT2D eigenvalue weighted by atomic mass is 16.2. The monoisotopic (exact) mass is 289 g/mol. The van der Waals surface area contributed by atoms with E-state index in [2.05, 4.69) is 10.6 Å². The number of hydrogen-bond acceptors (Lipinski definition) is 3. The summed E-state index contributed by atoms with van der Waals surface area (Å²) in [7, 11) is 1.87. The molecule has 2 N–H and O–H groups in total. The van der Waals surface area contributed by atoms with Crippen molar-refractivity contribution in [2.45, 2.75) is 32.1 Å². The number of benzene rings is 1. The van der Waals surface area contributed by atoms with Crippen LogP contribution in [0.1, 0.15) is 32.1 Å². The number of nitrogens with zero attached hydrogens (tertiary/aromatic N) is 1. The van der Waals surface area contributed by atoms with E-state index in [0.29, 0.717) is 12.8 Å². The van der Waals surface area contributed by atoms with E-state index in [-0.39, 0.29) is 11.8 Å². The molecule has 1 saturated heterocycles. The van der Waals surface area contributed by atoms with Gasteiger partial charge in [-0.3, -0.25) is 9.59 Å². The fraction of sp³-hybridized carbons (Fsp3) is 0.500. The Morgan fingerprint density at radius 2 is 2.19 bits per heavy atom. The van der Waals surface area contributed by atoms with Gasteiger partial charge in [-0.25, -0.2) is 0 Å². The lowest BCUT2D eigenvalue weighted by Gasteiger charge is -2.27. The van der Waals surface area contributed by atoms with E-state index in [1.807, 2.05) is 31.3 Å². The third-order valence-electron chi connectivity index (χ3n) is 3.60. The molecule has 0 aliphatic carbocycles. The molecule has 1 fully saturated rings. The van der Waals surface area contributed by atoms with Gasteiger partial charge in [-0.05, 0) is 51.1 Å². The minimum atomic E-state index is 0.00682. The molecule has 0 radical (unpaired) electrons. The van der Waals surface area contributed by atoms with Crippen molar-refractivity contribution in [1.29, 1.82) is 0 Å². The van der Waals surface area contributed by atoms with Gasteiger partial charge in [0.05, 0.1) is 0 Å². The fourth-order valence-electron chi connectivity index (χ4n) is 2.48. The summed E-state index contributed by atoms with van der Waals surface area (Å²) in [5, 5.41) is 5.91. The Labute approximate surface area is 125 Å². The normalized spacial score (nSPS) is 15.1. The highest BCUT2D eigenvalue weighted by molar-refractivity contribution is 5.96. The molecule has 5 heteroatoms. The molecule has 0 bridgehead atoms. The van der Waals surface area contributed by atoms with Gasteiger partial charge in [-0.2, -0.15) is 0 Å². The maximum atomic E-state index is 11.9. The number of rotatable bonds is 6. The first-order chi connectivity index (χ1) is 10.2. The van der Waals surface area contributed by atoms with Crippen LogP contribution in [-0.4, -0.2) is 32.0 Å². The van der Waals surface area contributed by atoms with Crippen molar-refractivity contribution in [2.75, 3.05) is 30.4 Å². The fourth-order valence-corrected chi connectivity index (χ4v) is 2.48. The van der Waals surface area contributed by atoms with Crippen molar-refractivity contribution in [3.8, 4) is 0 Å². The largest absolute Gasteiger partial charge is 0.326 e. The molecule has 1 heterocycles. The summed E-state index contributed by atoms with van der Waals surface area (Å²) in [5.41, 5.74) is 1.62. The molecule has 1 aromatic carbocycles. The summed E-state index contributed by atoms with van der Waals surface area (Å²) in [5.74, 6) is 0.172. The first kappa shape index (κ1) is 15.5. The zero-order valence-electron chi connectivity index (χ0n) is 12.5. The van der Waals surface area contributed by atoms with Crippen LogP contribution in [-0.2, 0) is 9.59 Å². The summed E-state index contributed by atoms with van der Waals surface area (Å²) in [6.07, 6.45) is 3.92. The van der Waals surface area contributed by atoms with E-state index < -0.39 is 0 Å². The van der Waals surface area contributed by atoms with Crippen LogP contribution in [0.4, 0.5) is 11.4 Å². The van der Waals surface area contributed by atoms with Gasteiger partial charge in [0.1, 0.15) is 0 Å². The van der Waals surface area contributed by atoms with Crippen molar-refractivity contribution in [2.24, 2.45) is 0 Å². The average molecular weight is 289 g/mol. The van der Waals surface area contributed by atoms with E-state index in [0.717, 1.165) is 43.7 Å². The van der Waals surface area contributed by atoms with Crippen LogP contribution in [0.15, 0.2) is 24.3 Å². The molecule has 1 aromatic rings. The maximum absolute atomic E-state index is 11.9. The molecule has 0 atom stereocenters. The molecule has 2 amide bonds. The summed E-state index contributed by atoms with van der Waals surface area (Å²) >= 11 is 0. The first-order valence-corrected chi connectivity index (χ1v) is 7.55. The molecule has 0 unspecified atom stereocenters. The molecule has 2 rings (SSSR count). The highest BCUT2D eigenvalue weighted by Gasteiger charge is 2.19. The summed E-state index contributed by atoms with van der Waals surface area (Å²) < 4.78 is 0. The number of hydrogen-bond donors (Lipinski definition) is 2. The number of amides is 2. The van der Waals surface area contributed by atoms with Crippen LogP contribution >= 0.6 is 0 Å². The second-order valence-electron chi connectivity index (χ2n) is 5.31. The molecule has 5 nitrogen and oxygen atoms in total. The van der Waals surface area contributed by atoms with Gasteiger partial charge >= 0.3 is 0 Å². The number of anilines is 2. The minimum Gasteiger partial charge on any atom is -0.326 e. The van der Waals surface area contributed by atoms with Crippen molar-refractivity contribution in [3.05, 3.63) is 24.3 Å². The summed E-state index contributed by atoms with van der Waals surface area (Å²) in [6, 6.07) is 7.52. The van der Waals surface area contributed by atoms with Crippen LogP contribution in [0.3, 0.4) is 0 Å². The van der Waals surface area contributed by atoms with E-state index in [9.17, 15) is 9.59 Å². The van der Waals surface area contributed by atoms with E-state index in [1.165, 1.54) is 0 Å². The SMILES string of the molecule is CNCCCC(=O)Nc1cccc(N2CCCCC2=O)c1. The molecule has 0 saturated carbocycles. The maximum Gasteiger partial charge on any atom is 0.226 e. The van der Waals surface area contributed by atoms with Crippen LogP contribution in [0.2, 0.25) is 0 Å². The molecular formula is C16H23N3O2. The smallest absolute Gasteiger partial charge is 0.226 e. The van der Waals surface area contributed by atoms with Crippen molar-refractivity contribution in [1.82, 2.24) is 5.32 Å². The zero-order chi connectivity index (χ0) is 15.1. The van der Waals surface area contributed by atoms with Crippen molar-refractivity contribution >= 4 is 23.2 Å². The highest BCUT2D eigenvalue weighted by Crippen LogP contribution is 2.23. The number of carbonyl (C=O) groups excluding carboxylic acids is 2. The zero-order valence-corrected chi connectivity index (χ0v) is 12.5. The Morgan fingerprint density at radius 3 is 2.95 bits per heavy atom. The predicted molar refractivity (Wildman–Crippen MR) is 84.4 cm³/mol. The lowest BCUT2D eigenvalue weighted by Crippen LogP contribution is -2.35. The molecule has 114 valence electrons. The van der Waals surface area contributed by atoms with Gasteiger partial charge in [0.2, 0.25) is 11.8 Å². The van der Waals surface area contributed by atoms with E-state index >= 15 is 0 Å². The standard InChI is InChI=1S/C16H23N3O2/c1-17-10-5-8-15(20)18-13-6-4-7-14(12-13)19-11-3-2-9-16(19)21/h4,6-7,12,17H,2-3,5,8-11H2,1H3,(H,18,20). The van der Waals surface area contributed by atoms with Crippen molar-refractivity contribution < 1.29 is 9.59 Å². The Balaban J connectivity index is 1.97. The first-order valence-electron chi connectivity index (χ1n) is 7.55. The predicted octanol–water partition coefficient (Wildman–Crippen LogP) is 2.14. The minimum absolute atomic E-state index is 0.00682. The van der Waals surface area contributed by atoms with Crippen molar-refractivity contribution in [3.63, 3.8) is 0 Å². The Morgan fingerprint density at radius 1 is 1.33 bits per heavy atom. The van der Waals surface area contributed by atoms with Gasteiger partial charge in [-0.15, -0.1) is 0 Å². The summed E-state index contributed by atoms with van der Waals surface area (Å²) in [4.78, 5) is 25.6. The van der Waals surface area contributed by atoms with E-state index in [4.69, 9.17) is 0 Å². The number of nitrogens with one attached hydrogen (secondary N) is 2. The van der Waals surface area contributed by atoms with Gasteiger partial charge in [0, 0.05) is 30.8 Å². The Kier molecular flexibility index (Phi) is 5.75. The van der Waals surface area contributed by atoms with Crippen LogP contribution < -0.4 is 15.5 Å². The second-order valence-corrected chi connectivity index (χ2v) is 5.31. The Hall–Kier alpha value is -1.88. The molecule has 0 aromatic heterocycles. The third-order valence-corrected chi connectivity index (χ3v) is 3.60. The van der Waals surface area contributed by atoms with Crippen LogP contribution in [0.25, 0.3) is 0 Å². The summed E-state index contributed by atoms with van der Waals surface area (Å²) in [6.45, 7) is 1.59. The lowest BCUT2D eigenvalue weighted by molar-refractivity contribution is -0.119. The van der Waals surface area contributed by atoms with E-state index in [1.54, 1.807) is 4.90 Å². The van der Waals surface area contributed by atoms with Crippen LogP contribution in [0, 0.1) is 0 Å². The van der Waals surface area contributed by atoms with Crippen LogP contribution in [0.5, 0.6) is 0 Å². The van der Waals surface area contributed by atoms with Gasteiger partial charge in [-0.1, -0.05) is 6.07 Å². The van der Waals surface area contributed by atoms with Gasteiger partial charge in [0.25, 0.3) is 0 Å². The third kappa shape index (κ3) is 4.56. The molecule has 1 aliphatic rings. The topological polar surface area (TPSA) is 61.4 Å². The molecule has 0 spiro atoms. The second kappa shape index (κ2) is 7.78. The molecule has 1 aliphatic heterocycles. The number of carbonyl (C=O) groups is 2.